The first-order chi connectivity index (χ1) is 8.59. The lowest BCUT2D eigenvalue weighted by molar-refractivity contribution is -0.137. The van der Waals surface area contributed by atoms with Crippen LogP contribution in [0, 0.1) is 5.82 Å². The molecule has 5 nitrogen and oxygen atoms in total. The van der Waals surface area contributed by atoms with Gasteiger partial charge < -0.3 is 9.67 Å². The van der Waals surface area contributed by atoms with Crippen LogP contribution >= 0.6 is 0 Å². The number of benzene rings is 1. The zero-order valence-electron chi connectivity index (χ0n) is 9.80. The van der Waals surface area contributed by atoms with Crippen LogP contribution in [0.15, 0.2) is 24.3 Å². The molecule has 0 saturated heterocycles. The number of carboxylic acid groups (broad SMARTS) is 1. The summed E-state index contributed by atoms with van der Waals surface area (Å²) in [5.74, 6) is -0.354. The van der Waals surface area contributed by atoms with Crippen molar-refractivity contribution < 1.29 is 14.3 Å². The number of aromatic nitrogens is 3. The normalized spacial score (nSPS) is 10.6. The van der Waals surface area contributed by atoms with Crippen molar-refractivity contribution in [2.45, 2.75) is 12.8 Å². The predicted molar refractivity (Wildman–Crippen MR) is 62.4 cm³/mol. The SMILES string of the molecule is Cn1c(CCC(=O)O)nnc1-c1ccccc1F. The van der Waals surface area contributed by atoms with E-state index in [9.17, 15) is 9.18 Å². The fourth-order valence-electron chi connectivity index (χ4n) is 1.68. The van der Waals surface area contributed by atoms with Crippen molar-refractivity contribution in [1.82, 2.24) is 14.8 Å². The molecule has 1 aromatic carbocycles. The number of carbonyl (C=O) groups is 1. The van der Waals surface area contributed by atoms with Crippen LogP contribution in [0.4, 0.5) is 4.39 Å². The largest absolute Gasteiger partial charge is 0.481 e. The minimum Gasteiger partial charge on any atom is -0.481 e. The van der Waals surface area contributed by atoms with Gasteiger partial charge in [0.1, 0.15) is 11.6 Å². The van der Waals surface area contributed by atoms with E-state index in [0.717, 1.165) is 0 Å². The molecule has 94 valence electrons. The zero-order valence-corrected chi connectivity index (χ0v) is 9.80. The highest BCUT2D eigenvalue weighted by atomic mass is 19.1. The van der Waals surface area contributed by atoms with Gasteiger partial charge in [-0.1, -0.05) is 12.1 Å². The number of hydrogen-bond acceptors (Lipinski definition) is 3. The first-order valence-corrected chi connectivity index (χ1v) is 5.44. The second-order valence-electron chi connectivity index (χ2n) is 3.87. The Balaban J connectivity index is 2.31. The highest BCUT2D eigenvalue weighted by Gasteiger charge is 2.14. The fraction of sp³-hybridized carbons (Fsp3) is 0.250. The molecule has 1 aromatic heterocycles. The molecule has 0 aliphatic rings. The van der Waals surface area contributed by atoms with E-state index in [-0.39, 0.29) is 18.7 Å². The van der Waals surface area contributed by atoms with Gasteiger partial charge in [-0.3, -0.25) is 4.79 Å². The van der Waals surface area contributed by atoms with Gasteiger partial charge in [-0.05, 0) is 12.1 Å². The average Bonchev–Trinajstić information content (AvgIpc) is 2.69. The van der Waals surface area contributed by atoms with Crippen LogP contribution in [0.2, 0.25) is 0 Å². The van der Waals surface area contributed by atoms with Crippen molar-refractivity contribution in [1.29, 1.82) is 0 Å². The molecule has 0 bridgehead atoms. The molecule has 1 heterocycles. The molecule has 2 aromatic rings. The van der Waals surface area contributed by atoms with Crippen molar-refractivity contribution in [3.63, 3.8) is 0 Å². The molecule has 0 aliphatic carbocycles. The molecule has 0 fully saturated rings. The summed E-state index contributed by atoms with van der Waals surface area (Å²) in [5, 5.41) is 16.4. The third-order valence-electron chi connectivity index (χ3n) is 2.64. The molecule has 0 radical (unpaired) electrons. The molecule has 6 heteroatoms. The standard InChI is InChI=1S/C12H12FN3O2/c1-16-10(6-7-11(17)18)14-15-12(16)8-4-2-3-5-9(8)13/h2-5H,6-7H2,1H3,(H,17,18). The van der Waals surface area contributed by atoms with Crippen LogP contribution in [-0.4, -0.2) is 25.8 Å². The maximum absolute atomic E-state index is 13.6. The van der Waals surface area contributed by atoms with E-state index in [2.05, 4.69) is 10.2 Å². The number of rotatable bonds is 4. The minimum atomic E-state index is -0.898. The molecule has 0 amide bonds. The summed E-state index contributed by atoms with van der Waals surface area (Å²) < 4.78 is 15.2. The van der Waals surface area contributed by atoms with E-state index in [4.69, 9.17) is 5.11 Å². The molecule has 18 heavy (non-hydrogen) atoms. The van der Waals surface area contributed by atoms with Gasteiger partial charge in [-0.15, -0.1) is 10.2 Å². The van der Waals surface area contributed by atoms with Crippen LogP contribution in [0.1, 0.15) is 12.2 Å². The van der Waals surface area contributed by atoms with Crippen molar-refractivity contribution in [2.24, 2.45) is 7.05 Å². The van der Waals surface area contributed by atoms with Crippen LogP contribution < -0.4 is 0 Å². The van der Waals surface area contributed by atoms with Crippen molar-refractivity contribution in [3.8, 4) is 11.4 Å². The molecule has 0 spiro atoms. The Morgan fingerprint density at radius 1 is 1.39 bits per heavy atom. The summed E-state index contributed by atoms with van der Waals surface area (Å²) in [6.45, 7) is 0. The van der Waals surface area contributed by atoms with Crippen LogP contribution in [0.5, 0.6) is 0 Å². The molecular formula is C12H12FN3O2. The summed E-state index contributed by atoms with van der Waals surface area (Å²) in [5.41, 5.74) is 0.356. The predicted octanol–water partition coefficient (Wildman–Crippen LogP) is 1.64. The van der Waals surface area contributed by atoms with E-state index in [1.54, 1.807) is 29.8 Å². The summed E-state index contributed by atoms with van der Waals surface area (Å²) in [6.07, 6.45) is 0.247. The van der Waals surface area contributed by atoms with Gasteiger partial charge in [-0.25, -0.2) is 4.39 Å². The number of aliphatic carboxylic acids is 1. The van der Waals surface area contributed by atoms with Crippen molar-refractivity contribution in [2.75, 3.05) is 0 Å². The van der Waals surface area contributed by atoms with Crippen molar-refractivity contribution in [3.05, 3.63) is 35.9 Å². The fourth-order valence-corrected chi connectivity index (χ4v) is 1.68. The monoisotopic (exact) mass is 249 g/mol. The molecule has 0 unspecified atom stereocenters. The Morgan fingerprint density at radius 2 is 2.11 bits per heavy atom. The highest BCUT2D eigenvalue weighted by Crippen LogP contribution is 2.20. The van der Waals surface area contributed by atoms with Crippen LogP contribution in [0.25, 0.3) is 11.4 Å². The second-order valence-corrected chi connectivity index (χ2v) is 3.87. The van der Waals surface area contributed by atoms with Gasteiger partial charge in [0, 0.05) is 13.5 Å². The van der Waals surface area contributed by atoms with E-state index < -0.39 is 5.97 Å². The van der Waals surface area contributed by atoms with Crippen LogP contribution in [0.3, 0.4) is 0 Å². The minimum absolute atomic E-state index is 0.0246. The summed E-state index contributed by atoms with van der Waals surface area (Å²) in [4.78, 5) is 10.5. The summed E-state index contributed by atoms with van der Waals surface area (Å²) in [6, 6.07) is 6.27. The first-order valence-electron chi connectivity index (χ1n) is 5.44. The average molecular weight is 249 g/mol. The Hall–Kier alpha value is -2.24. The Morgan fingerprint density at radius 3 is 2.78 bits per heavy atom. The van der Waals surface area contributed by atoms with Gasteiger partial charge in [0.15, 0.2) is 5.82 Å². The summed E-state index contributed by atoms with van der Waals surface area (Å²) in [7, 11) is 1.69. The highest BCUT2D eigenvalue weighted by molar-refractivity contribution is 5.67. The number of halogens is 1. The maximum Gasteiger partial charge on any atom is 0.303 e. The van der Waals surface area contributed by atoms with E-state index >= 15 is 0 Å². The Labute approximate surface area is 103 Å². The quantitative estimate of drug-likeness (QED) is 0.894. The Bertz CT molecular complexity index is 580. The molecule has 2 rings (SSSR count). The number of nitrogens with zero attached hydrogens (tertiary/aromatic N) is 3. The van der Waals surface area contributed by atoms with E-state index in [1.807, 2.05) is 0 Å². The molecule has 0 atom stereocenters. The molecule has 0 saturated carbocycles. The lowest BCUT2D eigenvalue weighted by Crippen LogP contribution is -2.04. The van der Waals surface area contributed by atoms with Crippen LogP contribution in [-0.2, 0) is 18.3 Å². The lowest BCUT2D eigenvalue weighted by Gasteiger charge is -2.04. The second kappa shape index (κ2) is 4.95. The lowest BCUT2D eigenvalue weighted by atomic mass is 10.2. The third kappa shape index (κ3) is 2.37. The smallest absolute Gasteiger partial charge is 0.303 e. The number of hydrogen-bond donors (Lipinski definition) is 1. The van der Waals surface area contributed by atoms with E-state index in [0.29, 0.717) is 17.2 Å². The van der Waals surface area contributed by atoms with Gasteiger partial charge in [0.05, 0.1) is 12.0 Å². The summed E-state index contributed by atoms with van der Waals surface area (Å²) >= 11 is 0. The maximum atomic E-state index is 13.6. The Kier molecular flexibility index (Phi) is 3.36. The molecule has 1 N–H and O–H groups in total. The molecule has 0 aliphatic heterocycles. The van der Waals surface area contributed by atoms with E-state index in [1.165, 1.54) is 6.07 Å². The number of carboxylic acids is 1. The molecular weight excluding hydrogens is 237 g/mol. The van der Waals surface area contributed by atoms with Gasteiger partial charge in [-0.2, -0.15) is 0 Å². The van der Waals surface area contributed by atoms with Gasteiger partial charge in [0.2, 0.25) is 0 Å². The number of aryl methyl sites for hydroxylation is 1. The zero-order chi connectivity index (χ0) is 13.1. The van der Waals surface area contributed by atoms with Gasteiger partial charge in [0.25, 0.3) is 0 Å². The van der Waals surface area contributed by atoms with Crippen molar-refractivity contribution >= 4 is 5.97 Å². The topological polar surface area (TPSA) is 68.0 Å². The van der Waals surface area contributed by atoms with Gasteiger partial charge >= 0.3 is 5.97 Å². The first kappa shape index (κ1) is 12.2. The third-order valence-corrected chi connectivity index (χ3v) is 2.64.